The van der Waals surface area contributed by atoms with Crippen molar-refractivity contribution in [3.8, 4) is 0 Å². The first-order valence-electron chi connectivity index (χ1n) is 7.62. The van der Waals surface area contributed by atoms with Gasteiger partial charge in [-0.2, -0.15) is 0 Å². The summed E-state index contributed by atoms with van der Waals surface area (Å²) in [5.74, 6) is -1.19. The first-order chi connectivity index (χ1) is 12.4. The average molecular weight is 393 g/mol. The van der Waals surface area contributed by atoms with Gasteiger partial charge in [0.05, 0.1) is 21.2 Å². The molecule has 9 heteroatoms. The van der Waals surface area contributed by atoms with Gasteiger partial charge >= 0.3 is 6.03 Å². The molecule has 134 valence electrons. The fourth-order valence-electron chi connectivity index (χ4n) is 2.56. The summed E-state index contributed by atoms with van der Waals surface area (Å²) in [4.78, 5) is 37.3. The number of rotatable bonds is 4. The molecule has 1 aliphatic heterocycles. The summed E-state index contributed by atoms with van der Waals surface area (Å²) in [6, 6.07) is 8.90. The standard InChI is InChI=1S/C17H14Cl2N4O3/c18-13-3-1-9(7-11(13)15(20)24)22-16(25)12-8-10(2-4-14(12)19)23-6-5-21-17(23)26/h1-4,7-8H,5-6H2,(H2,20,24)(H,21,26)(H,22,25). The van der Waals surface area contributed by atoms with Gasteiger partial charge < -0.3 is 16.4 Å². The lowest BCUT2D eigenvalue weighted by atomic mass is 10.1. The number of halogens is 2. The molecule has 1 heterocycles. The lowest BCUT2D eigenvalue weighted by molar-refractivity contribution is 0.0996. The molecule has 2 aromatic rings. The lowest BCUT2D eigenvalue weighted by Gasteiger charge is -2.16. The Morgan fingerprint density at radius 2 is 1.77 bits per heavy atom. The van der Waals surface area contributed by atoms with E-state index in [-0.39, 0.29) is 27.2 Å². The van der Waals surface area contributed by atoms with Crippen molar-refractivity contribution in [1.82, 2.24) is 5.32 Å². The Bertz CT molecular complexity index is 917. The Morgan fingerprint density at radius 1 is 1.08 bits per heavy atom. The maximum absolute atomic E-state index is 12.6. The molecule has 1 fully saturated rings. The van der Waals surface area contributed by atoms with Crippen molar-refractivity contribution in [3.63, 3.8) is 0 Å². The van der Waals surface area contributed by atoms with E-state index in [4.69, 9.17) is 28.9 Å². The summed E-state index contributed by atoms with van der Waals surface area (Å²) in [6.07, 6.45) is 0. The molecule has 1 saturated heterocycles. The smallest absolute Gasteiger partial charge is 0.321 e. The molecule has 4 amide bonds. The molecule has 0 spiro atoms. The highest BCUT2D eigenvalue weighted by Crippen LogP contribution is 2.26. The van der Waals surface area contributed by atoms with Crippen LogP contribution >= 0.6 is 23.2 Å². The number of amides is 4. The van der Waals surface area contributed by atoms with E-state index in [1.807, 2.05) is 0 Å². The third-order valence-corrected chi connectivity index (χ3v) is 4.51. The van der Waals surface area contributed by atoms with E-state index in [0.29, 0.717) is 24.5 Å². The van der Waals surface area contributed by atoms with Crippen LogP contribution in [0.4, 0.5) is 16.2 Å². The monoisotopic (exact) mass is 392 g/mol. The molecule has 4 N–H and O–H groups in total. The van der Waals surface area contributed by atoms with Crippen LogP contribution in [0, 0.1) is 0 Å². The van der Waals surface area contributed by atoms with Gasteiger partial charge in [-0.15, -0.1) is 0 Å². The molecule has 3 rings (SSSR count). The number of urea groups is 1. The maximum atomic E-state index is 12.6. The topological polar surface area (TPSA) is 105 Å². The Labute approximate surface area is 159 Å². The molecule has 0 aromatic heterocycles. The van der Waals surface area contributed by atoms with Crippen LogP contribution in [-0.2, 0) is 0 Å². The summed E-state index contributed by atoms with van der Waals surface area (Å²) in [6.45, 7) is 1.03. The molecular formula is C17H14Cl2N4O3. The second kappa shape index (κ2) is 7.23. The van der Waals surface area contributed by atoms with E-state index in [1.165, 1.54) is 23.1 Å². The van der Waals surface area contributed by atoms with Gasteiger partial charge in [-0.1, -0.05) is 23.2 Å². The Hall–Kier alpha value is -2.77. The number of benzene rings is 2. The van der Waals surface area contributed by atoms with Crippen molar-refractivity contribution >= 4 is 52.4 Å². The number of nitrogens with two attached hydrogens (primary N) is 1. The highest BCUT2D eigenvalue weighted by atomic mass is 35.5. The van der Waals surface area contributed by atoms with Crippen LogP contribution in [0.3, 0.4) is 0 Å². The van der Waals surface area contributed by atoms with Crippen LogP contribution in [0.15, 0.2) is 36.4 Å². The van der Waals surface area contributed by atoms with Gasteiger partial charge in [-0.3, -0.25) is 14.5 Å². The fraction of sp³-hybridized carbons (Fsp3) is 0.118. The van der Waals surface area contributed by atoms with Gasteiger partial charge in [0.25, 0.3) is 5.91 Å². The SMILES string of the molecule is NC(=O)c1cc(NC(=O)c2cc(N3CCNC3=O)ccc2Cl)ccc1Cl. The van der Waals surface area contributed by atoms with Crippen LogP contribution < -0.4 is 21.3 Å². The molecular weight excluding hydrogens is 379 g/mol. The Balaban J connectivity index is 1.87. The first kappa shape index (κ1) is 18.0. The van der Waals surface area contributed by atoms with Crippen LogP contribution in [0.2, 0.25) is 10.0 Å². The number of carbonyl (C=O) groups excluding carboxylic acids is 3. The van der Waals surface area contributed by atoms with Gasteiger partial charge in [0.1, 0.15) is 0 Å². The molecule has 0 bridgehead atoms. The van der Waals surface area contributed by atoms with Crippen LogP contribution in [0.1, 0.15) is 20.7 Å². The quantitative estimate of drug-likeness (QED) is 0.744. The zero-order valence-electron chi connectivity index (χ0n) is 13.4. The summed E-state index contributed by atoms with van der Waals surface area (Å²) < 4.78 is 0. The summed E-state index contributed by atoms with van der Waals surface area (Å²) in [5.41, 5.74) is 6.44. The van der Waals surface area contributed by atoms with Crippen molar-refractivity contribution in [2.45, 2.75) is 0 Å². The second-order valence-electron chi connectivity index (χ2n) is 5.56. The molecule has 26 heavy (non-hydrogen) atoms. The third kappa shape index (κ3) is 3.58. The Morgan fingerprint density at radius 3 is 2.42 bits per heavy atom. The van der Waals surface area contributed by atoms with Crippen LogP contribution in [-0.4, -0.2) is 30.9 Å². The van der Waals surface area contributed by atoms with Crippen molar-refractivity contribution in [1.29, 1.82) is 0 Å². The van der Waals surface area contributed by atoms with E-state index in [2.05, 4.69) is 10.6 Å². The number of hydrogen-bond acceptors (Lipinski definition) is 3. The van der Waals surface area contributed by atoms with Gasteiger partial charge in [-0.05, 0) is 36.4 Å². The molecule has 7 nitrogen and oxygen atoms in total. The molecule has 0 unspecified atom stereocenters. The fourth-order valence-corrected chi connectivity index (χ4v) is 2.98. The highest BCUT2D eigenvalue weighted by molar-refractivity contribution is 6.35. The minimum atomic E-state index is -0.703. The highest BCUT2D eigenvalue weighted by Gasteiger charge is 2.23. The minimum Gasteiger partial charge on any atom is -0.366 e. The minimum absolute atomic E-state index is 0.0954. The number of carbonyl (C=O) groups is 3. The van der Waals surface area contributed by atoms with Crippen molar-refractivity contribution in [2.75, 3.05) is 23.3 Å². The number of primary amides is 1. The molecule has 0 aliphatic carbocycles. The second-order valence-corrected chi connectivity index (χ2v) is 6.38. The average Bonchev–Trinajstić information content (AvgIpc) is 3.02. The number of nitrogens with one attached hydrogen (secondary N) is 2. The van der Waals surface area contributed by atoms with Crippen molar-refractivity contribution in [2.24, 2.45) is 5.73 Å². The van der Waals surface area contributed by atoms with E-state index in [0.717, 1.165) is 0 Å². The van der Waals surface area contributed by atoms with Crippen molar-refractivity contribution < 1.29 is 14.4 Å². The molecule has 0 atom stereocenters. The normalized spacial score (nSPS) is 13.5. The van der Waals surface area contributed by atoms with E-state index < -0.39 is 11.8 Å². The summed E-state index contributed by atoms with van der Waals surface area (Å²) in [5, 5.41) is 5.75. The van der Waals surface area contributed by atoms with E-state index >= 15 is 0 Å². The number of nitrogens with zero attached hydrogens (tertiary/aromatic N) is 1. The largest absolute Gasteiger partial charge is 0.366 e. The predicted octanol–water partition coefficient (Wildman–Crippen LogP) is 2.87. The predicted molar refractivity (Wildman–Crippen MR) is 100 cm³/mol. The molecule has 0 saturated carbocycles. The Kier molecular flexibility index (Phi) is 5.01. The zero-order chi connectivity index (χ0) is 18.8. The first-order valence-corrected chi connectivity index (χ1v) is 8.38. The van der Waals surface area contributed by atoms with Crippen LogP contribution in [0.5, 0.6) is 0 Å². The number of anilines is 2. The molecule has 2 aromatic carbocycles. The maximum Gasteiger partial charge on any atom is 0.321 e. The third-order valence-electron chi connectivity index (χ3n) is 3.85. The van der Waals surface area contributed by atoms with Crippen molar-refractivity contribution in [3.05, 3.63) is 57.6 Å². The molecule has 0 radical (unpaired) electrons. The summed E-state index contributed by atoms with van der Waals surface area (Å²) >= 11 is 12.0. The summed E-state index contributed by atoms with van der Waals surface area (Å²) in [7, 11) is 0. The van der Waals surface area contributed by atoms with E-state index in [9.17, 15) is 14.4 Å². The zero-order valence-corrected chi connectivity index (χ0v) is 14.9. The van der Waals surface area contributed by atoms with Gasteiger partial charge in [0.15, 0.2) is 0 Å². The number of hydrogen-bond donors (Lipinski definition) is 3. The molecule has 1 aliphatic rings. The van der Waals surface area contributed by atoms with Gasteiger partial charge in [-0.25, -0.2) is 4.79 Å². The van der Waals surface area contributed by atoms with Gasteiger partial charge in [0.2, 0.25) is 5.91 Å². The van der Waals surface area contributed by atoms with Crippen LogP contribution in [0.25, 0.3) is 0 Å². The van der Waals surface area contributed by atoms with Gasteiger partial charge in [0, 0.05) is 24.5 Å². The lowest BCUT2D eigenvalue weighted by Crippen LogP contribution is -2.28. The van der Waals surface area contributed by atoms with E-state index in [1.54, 1.807) is 18.2 Å².